The maximum absolute atomic E-state index is 11.8. The molecule has 5 nitrogen and oxygen atoms in total. The van der Waals surface area contributed by atoms with Crippen molar-refractivity contribution in [3.63, 3.8) is 0 Å². The molecule has 1 amide bonds. The Labute approximate surface area is 104 Å². The van der Waals surface area contributed by atoms with E-state index in [1.165, 1.54) is 0 Å². The van der Waals surface area contributed by atoms with E-state index in [2.05, 4.69) is 4.72 Å². The molecule has 0 bridgehead atoms. The molecule has 0 aliphatic carbocycles. The van der Waals surface area contributed by atoms with Gasteiger partial charge in [0.25, 0.3) is 0 Å². The van der Waals surface area contributed by atoms with E-state index in [0.29, 0.717) is 13.0 Å². The van der Waals surface area contributed by atoms with E-state index in [4.69, 9.17) is 0 Å². The third-order valence-corrected chi connectivity index (χ3v) is 4.39. The highest BCUT2D eigenvalue weighted by molar-refractivity contribution is 7.89. The van der Waals surface area contributed by atoms with E-state index in [-0.39, 0.29) is 29.7 Å². The van der Waals surface area contributed by atoms with Crippen molar-refractivity contribution in [2.75, 3.05) is 12.3 Å². The van der Waals surface area contributed by atoms with E-state index in [0.717, 1.165) is 0 Å². The van der Waals surface area contributed by atoms with E-state index in [1.54, 1.807) is 4.90 Å². The van der Waals surface area contributed by atoms with Crippen LogP contribution >= 0.6 is 0 Å². The first kappa shape index (κ1) is 14.4. The average molecular weight is 262 g/mol. The summed E-state index contributed by atoms with van der Waals surface area (Å²) in [5.41, 5.74) is -0.248. The molecule has 0 aromatic heterocycles. The van der Waals surface area contributed by atoms with Crippen LogP contribution in [0.1, 0.15) is 40.5 Å². The minimum atomic E-state index is -3.24. The van der Waals surface area contributed by atoms with Crippen molar-refractivity contribution in [3.05, 3.63) is 0 Å². The van der Waals surface area contributed by atoms with Gasteiger partial charge in [-0.3, -0.25) is 4.79 Å². The lowest BCUT2D eigenvalue weighted by Crippen LogP contribution is -2.44. The van der Waals surface area contributed by atoms with Gasteiger partial charge in [-0.05, 0) is 27.2 Å². The number of sulfonamides is 1. The van der Waals surface area contributed by atoms with E-state index >= 15 is 0 Å². The first-order chi connectivity index (χ1) is 7.65. The molecule has 0 radical (unpaired) electrons. The molecule has 1 rings (SSSR count). The molecule has 6 heteroatoms. The minimum absolute atomic E-state index is 0.0155. The number of likely N-dealkylation sites (tertiary alicyclic amines) is 1. The molecule has 0 unspecified atom stereocenters. The third-order valence-electron chi connectivity index (χ3n) is 2.75. The van der Waals surface area contributed by atoms with Gasteiger partial charge < -0.3 is 4.90 Å². The van der Waals surface area contributed by atoms with Crippen LogP contribution in [0.25, 0.3) is 0 Å². The van der Waals surface area contributed by atoms with E-state index < -0.39 is 10.0 Å². The molecule has 100 valence electrons. The van der Waals surface area contributed by atoms with Crippen molar-refractivity contribution in [1.82, 2.24) is 9.62 Å². The summed E-state index contributed by atoms with van der Waals surface area (Å²) in [7, 11) is -3.24. The molecule has 1 atom stereocenters. The molecule has 1 N–H and O–H groups in total. The largest absolute Gasteiger partial charge is 0.336 e. The Balaban J connectivity index is 2.65. The summed E-state index contributed by atoms with van der Waals surface area (Å²) in [6.07, 6.45) is 0.846. The summed E-state index contributed by atoms with van der Waals surface area (Å²) in [6.45, 7) is 8.14. The lowest BCUT2D eigenvalue weighted by Gasteiger charge is -2.32. The molecule has 0 spiro atoms. The van der Waals surface area contributed by atoms with Crippen molar-refractivity contribution >= 4 is 15.9 Å². The third kappa shape index (κ3) is 3.96. The van der Waals surface area contributed by atoms with Gasteiger partial charge in [-0.25, -0.2) is 13.1 Å². The smallest absolute Gasteiger partial charge is 0.224 e. The van der Waals surface area contributed by atoms with Crippen LogP contribution in [0.15, 0.2) is 0 Å². The van der Waals surface area contributed by atoms with Crippen LogP contribution in [0, 0.1) is 0 Å². The van der Waals surface area contributed by atoms with Gasteiger partial charge in [0.05, 0.1) is 5.75 Å². The highest BCUT2D eigenvalue weighted by atomic mass is 32.2. The molecular formula is C11H22N2O3S. The van der Waals surface area contributed by atoms with Crippen LogP contribution in [0.3, 0.4) is 0 Å². The Morgan fingerprint density at radius 1 is 1.41 bits per heavy atom. The highest BCUT2D eigenvalue weighted by Crippen LogP contribution is 2.22. The first-order valence-corrected chi connectivity index (χ1v) is 7.61. The summed E-state index contributed by atoms with van der Waals surface area (Å²) in [6, 6.07) is -0.279. The van der Waals surface area contributed by atoms with Crippen LogP contribution in [0.4, 0.5) is 0 Å². The van der Waals surface area contributed by atoms with Crippen molar-refractivity contribution in [2.24, 2.45) is 0 Å². The number of nitrogens with zero attached hydrogens (tertiary/aromatic N) is 1. The number of amides is 1. The van der Waals surface area contributed by atoms with Crippen LogP contribution in [0.2, 0.25) is 0 Å². The predicted octanol–water partition coefficient (Wildman–Crippen LogP) is 0.715. The Hall–Kier alpha value is -0.620. The molecule has 1 aliphatic rings. The predicted molar refractivity (Wildman–Crippen MR) is 67.1 cm³/mol. The maximum Gasteiger partial charge on any atom is 0.224 e. The van der Waals surface area contributed by atoms with E-state index in [9.17, 15) is 13.2 Å². The molecule has 0 saturated carbocycles. The lowest BCUT2D eigenvalue weighted by molar-refractivity contribution is -0.131. The van der Waals surface area contributed by atoms with Crippen LogP contribution in [0.5, 0.6) is 0 Å². The fourth-order valence-corrected chi connectivity index (χ4v) is 3.34. The van der Waals surface area contributed by atoms with Crippen molar-refractivity contribution in [2.45, 2.75) is 52.1 Å². The average Bonchev–Trinajstić information content (AvgIpc) is 2.44. The standard InChI is InChI=1S/C11H22N2O3S/c1-5-6-17(15,16)12-9-7-10(14)13(8-9)11(2,3)4/h9,12H,5-8H2,1-4H3/t9-/m1/s1. The van der Waals surface area contributed by atoms with Crippen molar-refractivity contribution in [1.29, 1.82) is 0 Å². The van der Waals surface area contributed by atoms with E-state index in [1.807, 2.05) is 27.7 Å². The molecular weight excluding hydrogens is 240 g/mol. The van der Waals surface area contributed by atoms with Crippen LogP contribution in [-0.4, -0.2) is 43.1 Å². The van der Waals surface area contributed by atoms with Gasteiger partial charge in [-0.2, -0.15) is 0 Å². The monoisotopic (exact) mass is 262 g/mol. The second-order valence-corrected chi connectivity index (χ2v) is 7.39. The Morgan fingerprint density at radius 3 is 2.41 bits per heavy atom. The molecule has 0 aromatic rings. The number of carbonyl (C=O) groups excluding carboxylic acids is 1. The van der Waals surface area contributed by atoms with Gasteiger partial charge in [0.1, 0.15) is 0 Å². The fraction of sp³-hybridized carbons (Fsp3) is 0.909. The lowest BCUT2D eigenvalue weighted by atomic mass is 10.1. The number of carbonyl (C=O) groups is 1. The number of hydrogen-bond donors (Lipinski definition) is 1. The Bertz CT molecular complexity index is 384. The summed E-state index contributed by atoms with van der Waals surface area (Å²) in [5.74, 6) is 0.134. The number of rotatable bonds is 4. The molecule has 1 saturated heterocycles. The number of hydrogen-bond acceptors (Lipinski definition) is 3. The van der Waals surface area contributed by atoms with Gasteiger partial charge in [0.2, 0.25) is 15.9 Å². The zero-order chi connectivity index (χ0) is 13.3. The van der Waals surface area contributed by atoms with Crippen LogP contribution < -0.4 is 4.72 Å². The summed E-state index contributed by atoms with van der Waals surface area (Å²) >= 11 is 0. The second-order valence-electron chi connectivity index (χ2n) is 5.51. The summed E-state index contributed by atoms with van der Waals surface area (Å²) in [4.78, 5) is 13.5. The summed E-state index contributed by atoms with van der Waals surface area (Å²) < 4.78 is 25.8. The first-order valence-electron chi connectivity index (χ1n) is 5.96. The topological polar surface area (TPSA) is 66.5 Å². The van der Waals surface area contributed by atoms with Crippen molar-refractivity contribution < 1.29 is 13.2 Å². The molecule has 1 fully saturated rings. The van der Waals surface area contributed by atoms with Gasteiger partial charge in [0.15, 0.2) is 0 Å². The number of nitrogens with one attached hydrogen (secondary N) is 1. The molecule has 17 heavy (non-hydrogen) atoms. The highest BCUT2D eigenvalue weighted by Gasteiger charge is 2.37. The van der Waals surface area contributed by atoms with Gasteiger partial charge >= 0.3 is 0 Å². The van der Waals surface area contributed by atoms with Crippen LogP contribution in [-0.2, 0) is 14.8 Å². The van der Waals surface area contributed by atoms with Gasteiger partial charge in [0, 0.05) is 24.5 Å². The fourth-order valence-electron chi connectivity index (χ4n) is 2.02. The zero-order valence-corrected chi connectivity index (χ0v) is 11.8. The minimum Gasteiger partial charge on any atom is -0.336 e. The van der Waals surface area contributed by atoms with Gasteiger partial charge in [-0.15, -0.1) is 0 Å². The SMILES string of the molecule is CCCS(=O)(=O)N[C@@H]1CC(=O)N(C(C)(C)C)C1. The second kappa shape index (κ2) is 4.94. The zero-order valence-electron chi connectivity index (χ0n) is 11.0. The Morgan fingerprint density at radius 2 is 2.00 bits per heavy atom. The normalized spacial score (nSPS) is 22.2. The summed E-state index contributed by atoms with van der Waals surface area (Å²) in [5, 5.41) is 0. The Kier molecular flexibility index (Phi) is 4.19. The quantitative estimate of drug-likeness (QED) is 0.811. The molecule has 1 heterocycles. The molecule has 0 aromatic carbocycles. The van der Waals surface area contributed by atoms with Crippen molar-refractivity contribution in [3.8, 4) is 0 Å². The maximum atomic E-state index is 11.8. The molecule has 1 aliphatic heterocycles. The van der Waals surface area contributed by atoms with Gasteiger partial charge in [-0.1, -0.05) is 6.92 Å².